The second-order valence-corrected chi connectivity index (χ2v) is 5.69. The predicted octanol–water partition coefficient (Wildman–Crippen LogP) is 2.75. The third-order valence-electron chi connectivity index (χ3n) is 3.11. The third kappa shape index (κ3) is 6.22. The monoisotopic (exact) mass is 357 g/mol. The Hall–Kier alpha value is -1.47. The quantitative estimate of drug-likeness (QED) is 0.425. The highest BCUT2D eigenvalue weighted by Crippen LogP contribution is 2.22. The van der Waals surface area contributed by atoms with Gasteiger partial charge in [0.25, 0.3) is 5.69 Å². The van der Waals surface area contributed by atoms with Crippen molar-refractivity contribution in [1.82, 2.24) is 10.6 Å². The van der Waals surface area contributed by atoms with Gasteiger partial charge < -0.3 is 10.6 Å². The number of nitro groups is 1. The van der Waals surface area contributed by atoms with Crippen molar-refractivity contribution in [3.63, 3.8) is 0 Å². The molecule has 21 heavy (non-hydrogen) atoms. The van der Waals surface area contributed by atoms with Crippen LogP contribution in [0.25, 0.3) is 0 Å². The van der Waals surface area contributed by atoms with Crippen molar-refractivity contribution in [2.75, 3.05) is 6.54 Å². The van der Waals surface area contributed by atoms with Crippen LogP contribution in [0.3, 0.4) is 0 Å². The molecule has 116 valence electrons. The van der Waals surface area contributed by atoms with Crippen molar-refractivity contribution in [3.8, 4) is 0 Å². The maximum Gasteiger partial charge on any atom is 0.270 e. The Morgan fingerprint density at radius 1 is 1.48 bits per heavy atom. The molecule has 0 spiro atoms. The second-order valence-electron chi connectivity index (χ2n) is 4.84. The maximum atomic E-state index is 11.6. The van der Waals surface area contributed by atoms with Crippen molar-refractivity contribution in [2.24, 2.45) is 0 Å². The van der Waals surface area contributed by atoms with Gasteiger partial charge in [0, 0.05) is 42.2 Å². The molecule has 0 fully saturated rings. The first-order chi connectivity index (χ1) is 9.93. The zero-order valence-corrected chi connectivity index (χ0v) is 13.8. The molecule has 0 saturated heterocycles. The maximum absolute atomic E-state index is 11.6. The number of nitrogens with zero attached hydrogens (tertiary/aromatic N) is 1. The van der Waals surface area contributed by atoms with E-state index >= 15 is 0 Å². The van der Waals surface area contributed by atoms with Crippen molar-refractivity contribution >= 4 is 27.5 Å². The van der Waals surface area contributed by atoms with Gasteiger partial charge in [-0.1, -0.05) is 22.9 Å². The summed E-state index contributed by atoms with van der Waals surface area (Å²) < 4.78 is 0.688. The number of carbonyl (C=O) groups is 1. The summed E-state index contributed by atoms with van der Waals surface area (Å²) >= 11 is 3.31. The number of benzene rings is 1. The van der Waals surface area contributed by atoms with Crippen molar-refractivity contribution in [1.29, 1.82) is 0 Å². The van der Waals surface area contributed by atoms with E-state index in [4.69, 9.17) is 0 Å². The average Bonchev–Trinajstić information content (AvgIpc) is 2.44. The lowest BCUT2D eigenvalue weighted by Gasteiger charge is -2.11. The first-order valence-electron chi connectivity index (χ1n) is 6.87. The van der Waals surface area contributed by atoms with Gasteiger partial charge in [0.2, 0.25) is 5.91 Å². The molecule has 7 heteroatoms. The third-order valence-corrected chi connectivity index (χ3v) is 3.85. The first-order valence-corrected chi connectivity index (χ1v) is 7.66. The summed E-state index contributed by atoms with van der Waals surface area (Å²) in [6.07, 6.45) is 1.32. The van der Waals surface area contributed by atoms with E-state index in [1.165, 1.54) is 12.1 Å². The molecule has 1 unspecified atom stereocenters. The molecule has 0 aromatic heterocycles. The molecule has 6 nitrogen and oxygen atoms in total. The van der Waals surface area contributed by atoms with Crippen LogP contribution in [0.15, 0.2) is 22.7 Å². The fourth-order valence-corrected chi connectivity index (χ4v) is 2.17. The Bertz CT molecular complexity index is 508. The Kier molecular flexibility index (Phi) is 7.31. The molecule has 0 heterocycles. The summed E-state index contributed by atoms with van der Waals surface area (Å²) in [4.78, 5) is 21.8. The predicted molar refractivity (Wildman–Crippen MR) is 85.0 cm³/mol. The second kappa shape index (κ2) is 8.74. The van der Waals surface area contributed by atoms with Crippen LogP contribution in [0.4, 0.5) is 5.69 Å². The van der Waals surface area contributed by atoms with E-state index in [1.54, 1.807) is 6.07 Å². The molecule has 1 aromatic carbocycles. The molecular formula is C14H20BrN3O3. The molecule has 0 saturated carbocycles. The Labute approximate surface area is 132 Å². The van der Waals surface area contributed by atoms with E-state index in [-0.39, 0.29) is 17.6 Å². The van der Waals surface area contributed by atoms with Crippen molar-refractivity contribution in [3.05, 3.63) is 38.3 Å². The van der Waals surface area contributed by atoms with E-state index in [9.17, 15) is 14.9 Å². The molecule has 0 aliphatic rings. The summed E-state index contributed by atoms with van der Waals surface area (Å²) in [5.41, 5.74) is 0.974. The van der Waals surface area contributed by atoms with E-state index < -0.39 is 4.92 Å². The minimum absolute atomic E-state index is 0.0274. The van der Waals surface area contributed by atoms with Gasteiger partial charge in [-0.15, -0.1) is 0 Å². The van der Waals surface area contributed by atoms with Gasteiger partial charge in [0.15, 0.2) is 0 Å². The van der Waals surface area contributed by atoms with E-state index in [0.29, 0.717) is 24.0 Å². The summed E-state index contributed by atoms with van der Waals surface area (Å²) in [7, 11) is 0. The molecular weight excluding hydrogens is 338 g/mol. The molecule has 1 rings (SSSR count). The van der Waals surface area contributed by atoms with Gasteiger partial charge in [-0.05, 0) is 25.0 Å². The lowest BCUT2D eigenvalue weighted by Crippen LogP contribution is -2.33. The Balaban J connectivity index is 2.36. The van der Waals surface area contributed by atoms with Crippen molar-refractivity contribution < 1.29 is 9.72 Å². The van der Waals surface area contributed by atoms with Crippen LogP contribution < -0.4 is 10.6 Å². The normalized spacial score (nSPS) is 12.0. The number of carbonyl (C=O) groups excluding carboxylic acids is 1. The standard InChI is InChI=1S/C14H20BrN3O3/c1-3-10(2)17-14(19)6-7-16-9-11-4-5-12(18(20)21)8-13(11)15/h4-5,8,10,16H,3,6-7,9H2,1-2H3,(H,17,19). The fraction of sp³-hybridized carbons (Fsp3) is 0.500. The SMILES string of the molecule is CCC(C)NC(=O)CCNCc1ccc([N+](=O)[O-])cc1Br. The Morgan fingerprint density at radius 2 is 2.19 bits per heavy atom. The van der Waals surface area contributed by atoms with Gasteiger partial charge >= 0.3 is 0 Å². The molecule has 0 aliphatic carbocycles. The highest BCUT2D eigenvalue weighted by Gasteiger charge is 2.09. The number of rotatable bonds is 8. The van der Waals surface area contributed by atoms with Gasteiger partial charge in [-0.3, -0.25) is 14.9 Å². The summed E-state index contributed by atoms with van der Waals surface area (Å²) in [6.45, 7) is 5.11. The van der Waals surface area contributed by atoms with E-state index in [1.807, 2.05) is 13.8 Å². The van der Waals surface area contributed by atoms with Gasteiger partial charge in [-0.2, -0.15) is 0 Å². The average molecular weight is 358 g/mol. The summed E-state index contributed by atoms with van der Waals surface area (Å²) in [5, 5.41) is 16.7. The highest BCUT2D eigenvalue weighted by atomic mass is 79.9. The molecule has 0 radical (unpaired) electrons. The molecule has 0 bridgehead atoms. The number of hydrogen-bond donors (Lipinski definition) is 2. The van der Waals surface area contributed by atoms with Crippen LogP contribution in [0.2, 0.25) is 0 Å². The topological polar surface area (TPSA) is 84.3 Å². The molecule has 1 aromatic rings. The van der Waals surface area contributed by atoms with Crippen molar-refractivity contribution in [2.45, 2.75) is 39.3 Å². The highest BCUT2D eigenvalue weighted by molar-refractivity contribution is 9.10. The molecule has 2 N–H and O–H groups in total. The van der Waals surface area contributed by atoms with Crippen LogP contribution in [0.5, 0.6) is 0 Å². The first kappa shape index (κ1) is 17.6. The minimum Gasteiger partial charge on any atom is -0.354 e. The van der Waals surface area contributed by atoms with Crippen LogP contribution in [0, 0.1) is 10.1 Å². The number of amides is 1. The summed E-state index contributed by atoms with van der Waals surface area (Å²) in [5.74, 6) is 0.0274. The molecule has 0 aliphatic heterocycles. The van der Waals surface area contributed by atoms with Gasteiger partial charge in [-0.25, -0.2) is 0 Å². The minimum atomic E-state index is -0.429. The number of nitro benzene ring substituents is 1. The van der Waals surface area contributed by atoms with Crippen LogP contribution in [-0.4, -0.2) is 23.4 Å². The van der Waals surface area contributed by atoms with Crippen LogP contribution in [0.1, 0.15) is 32.3 Å². The lowest BCUT2D eigenvalue weighted by molar-refractivity contribution is -0.384. The molecule has 1 atom stereocenters. The fourth-order valence-electron chi connectivity index (χ4n) is 1.67. The zero-order chi connectivity index (χ0) is 15.8. The summed E-state index contributed by atoms with van der Waals surface area (Å²) in [6, 6.07) is 4.85. The van der Waals surface area contributed by atoms with E-state index in [0.717, 1.165) is 12.0 Å². The number of nitrogens with one attached hydrogen (secondary N) is 2. The van der Waals surface area contributed by atoms with Gasteiger partial charge in [0.05, 0.1) is 4.92 Å². The van der Waals surface area contributed by atoms with Gasteiger partial charge in [0.1, 0.15) is 0 Å². The van der Waals surface area contributed by atoms with Crippen LogP contribution in [-0.2, 0) is 11.3 Å². The lowest BCUT2D eigenvalue weighted by atomic mass is 10.2. The van der Waals surface area contributed by atoms with Crippen LogP contribution >= 0.6 is 15.9 Å². The smallest absolute Gasteiger partial charge is 0.270 e. The van der Waals surface area contributed by atoms with E-state index in [2.05, 4.69) is 26.6 Å². The number of halogens is 1. The number of non-ortho nitro benzene ring substituents is 1. The molecule has 1 amide bonds. The Morgan fingerprint density at radius 3 is 2.76 bits per heavy atom. The zero-order valence-electron chi connectivity index (χ0n) is 12.2. The number of hydrogen-bond acceptors (Lipinski definition) is 4. The largest absolute Gasteiger partial charge is 0.354 e.